The van der Waals surface area contributed by atoms with Gasteiger partial charge >= 0.3 is 0 Å². The minimum absolute atomic E-state index is 0. The van der Waals surface area contributed by atoms with Crippen LogP contribution in [-0.2, 0) is 13.1 Å². The third-order valence-electron chi connectivity index (χ3n) is 2.78. The lowest BCUT2D eigenvalue weighted by atomic mass is 10.2. The summed E-state index contributed by atoms with van der Waals surface area (Å²) in [6, 6.07) is 4.56. The Balaban J connectivity index is 0.00000180. The summed E-state index contributed by atoms with van der Waals surface area (Å²) in [5.41, 5.74) is 1.79. The number of aromatic nitrogens is 2. The van der Waals surface area contributed by atoms with E-state index in [2.05, 4.69) is 10.4 Å². The number of phenols is 2. The van der Waals surface area contributed by atoms with E-state index < -0.39 is 0 Å². The average Bonchev–Trinajstić information content (AvgIpc) is 2.69. The highest BCUT2D eigenvalue weighted by molar-refractivity contribution is 5.85. The van der Waals surface area contributed by atoms with E-state index >= 15 is 0 Å². The first-order chi connectivity index (χ1) is 8.60. The van der Waals surface area contributed by atoms with E-state index in [4.69, 9.17) is 0 Å². The van der Waals surface area contributed by atoms with Gasteiger partial charge in [0.2, 0.25) is 0 Å². The predicted molar refractivity (Wildman–Crippen MR) is 77.0 cm³/mol. The Hall–Kier alpha value is -1.88. The molecule has 0 aliphatic carbocycles. The third-order valence-corrected chi connectivity index (χ3v) is 2.78. The van der Waals surface area contributed by atoms with Crippen molar-refractivity contribution in [3.05, 3.63) is 35.5 Å². The fraction of sp³-hybridized carbons (Fsp3) is 0.308. The fourth-order valence-electron chi connectivity index (χ4n) is 1.74. The molecule has 0 saturated heterocycles. The molecule has 0 radical (unpaired) electrons. The summed E-state index contributed by atoms with van der Waals surface area (Å²) < 4.78 is 1.86. The SMILES string of the molecule is CCn1cc(C)c(NCc2ccc(O)cc2O)n1.Cl. The van der Waals surface area contributed by atoms with Gasteiger partial charge in [-0.15, -0.1) is 12.4 Å². The molecule has 0 unspecified atom stereocenters. The smallest absolute Gasteiger partial charge is 0.151 e. The van der Waals surface area contributed by atoms with Gasteiger partial charge in [0.1, 0.15) is 11.5 Å². The van der Waals surface area contributed by atoms with E-state index in [-0.39, 0.29) is 23.9 Å². The van der Waals surface area contributed by atoms with Crippen molar-refractivity contribution in [3.63, 3.8) is 0 Å². The van der Waals surface area contributed by atoms with Crippen LogP contribution in [-0.4, -0.2) is 20.0 Å². The number of halogens is 1. The number of hydrogen-bond acceptors (Lipinski definition) is 4. The van der Waals surface area contributed by atoms with Crippen LogP contribution in [0.4, 0.5) is 5.82 Å². The van der Waals surface area contributed by atoms with Gasteiger partial charge in [0, 0.05) is 36.5 Å². The molecule has 6 heteroatoms. The molecule has 0 aliphatic heterocycles. The summed E-state index contributed by atoms with van der Waals surface area (Å²) in [5.74, 6) is 0.946. The van der Waals surface area contributed by atoms with Crippen LogP contribution in [0.1, 0.15) is 18.1 Å². The van der Waals surface area contributed by atoms with E-state index in [0.717, 1.165) is 23.5 Å². The molecule has 5 nitrogen and oxygen atoms in total. The lowest BCUT2D eigenvalue weighted by molar-refractivity contribution is 0.446. The number of nitrogens with one attached hydrogen (secondary N) is 1. The zero-order valence-electron chi connectivity index (χ0n) is 10.9. The molecular weight excluding hydrogens is 266 g/mol. The van der Waals surface area contributed by atoms with Gasteiger partial charge in [-0.05, 0) is 26.0 Å². The Morgan fingerprint density at radius 3 is 2.63 bits per heavy atom. The maximum Gasteiger partial charge on any atom is 0.151 e. The van der Waals surface area contributed by atoms with Gasteiger partial charge in [0.25, 0.3) is 0 Å². The van der Waals surface area contributed by atoms with Gasteiger partial charge in [0.15, 0.2) is 5.82 Å². The molecule has 2 aromatic rings. The lowest BCUT2D eigenvalue weighted by Crippen LogP contribution is -2.02. The number of rotatable bonds is 4. The Morgan fingerprint density at radius 1 is 1.32 bits per heavy atom. The molecule has 3 N–H and O–H groups in total. The number of aryl methyl sites for hydroxylation is 2. The quantitative estimate of drug-likeness (QED) is 0.807. The molecule has 0 atom stereocenters. The lowest BCUT2D eigenvalue weighted by Gasteiger charge is -2.07. The van der Waals surface area contributed by atoms with Gasteiger partial charge in [-0.2, -0.15) is 5.10 Å². The van der Waals surface area contributed by atoms with E-state index in [1.807, 2.05) is 24.7 Å². The zero-order chi connectivity index (χ0) is 13.1. The normalized spacial score (nSPS) is 10.0. The number of benzene rings is 1. The Kier molecular flexibility index (Phi) is 5.06. The molecule has 104 valence electrons. The Morgan fingerprint density at radius 2 is 2.05 bits per heavy atom. The molecule has 1 aromatic carbocycles. The minimum atomic E-state index is 0. The average molecular weight is 284 g/mol. The molecule has 2 rings (SSSR count). The molecule has 1 heterocycles. The summed E-state index contributed by atoms with van der Waals surface area (Å²) >= 11 is 0. The summed E-state index contributed by atoms with van der Waals surface area (Å²) in [6.07, 6.45) is 1.97. The van der Waals surface area contributed by atoms with Crippen LogP contribution < -0.4 is 5.32 Å². The van der Waals surface area contributed by atoms with E-state index in [1.54, 1.807) is 12.1 Å². The molecule has 0 bridgehead atoms. The zero-order valence-corrected chi connectivity index (χ0v) is 11.7. The van der Waals surface area contributed by atoms with Crippen molar-refractivity contribution in [3.8, 4) is 11.5 Å². The van der Waals surface area contributed by atoms with Crippen molar-refractivity contribution in [2.45, 2.75) is 26.9 Å². The van der Waals surface area contributed by atoms with Crippen molar-refractivity contribution in [2.24, 2.45) is 0 Å². The largest absolute Gasteiger partial charge is 0.508 e. The molecule has 0 saturated carbocycles. The second kappa shape index (κ2) is 6.33. The van der Waals surface area contributed by atoms with Crippen LogP contribution in [0.5, 0.6) is 11.5 Å². The number of phenolic OH excluding ortho intramolecular Hbond substituents is 2. The number of nitrogens with zero attached hydrogens (tertiary/aromatic N) is 2. The van der Waals surface area contributed by atoms with Gasteiger partial charge in [-0.1, -0.05) is 0 Å². The van der Waals surface area contributed by atoms with Crippen LogP contribution >= 0.6 is 12.4 Å². The molecule has 0 aliphatic rings. The second-order valence-electron chi connectivity index (χ2n) is 4.18. The van der Waals surface area contributed by atoms with E-state index in [1.165, 1.54) is 6.07 Å². The maximum absolute atomic E-state index is 9.66. The molecular formula is C13H18ClN3O2. The summed E-state index contributed by atoms with van der Waals surface area (Å²) in [7, 11) is 0. The molecule has 1 aromatic heterocycles. The predicted octanol–water partition coefficient (Wildman–Crippen LogP) is 2.66. The van der Waals surface area contributed by atoms with Crippen LogP contribution in [0.2, 0.25) is 0 Å². The van der Waals surface area contributed by atoms with Gasteiger partial charge in [-0.3, -0.25) is 4.68 Å². The molecule has 0 spiro atoms. The topological polar surface area (TPSA) is 70.3 Å². The molecule has 19 heavy (non-hydrogen) atoms. The Labute approximate surface area is 118 Å². The standard InChI is InChI=1S/C13H17N3O2.ClH/c1-3-16-8-9(2)13(15-16)14-7-10-4-5-11(17)6-12(10)18;/h4-6,8,17-18H,3,7H2,1-2H3,(H,14,15);1H. The first-order valence-electron chi connectivity index (χ1n) is 5.89. The van der Waals surface area contributed by atoms with Gasteiger partial charge in [0.05, 0.1) is 0 Å². The highest BCUT2D eigenvalue weighted by Crippen LogP contribution is 2.23. The van der Waals surface area contributed by atoms with Crippen molar-refractivity contribution in [1.82, 2.24) is 9.78 Å². The second-order valence-corrected chi connectivity index (χ2v) is 4.18. The molecule has 0 amide bonds. The van der Waals surface area contributed by atoms with Crippen LogP contribution in [0.25, 0.3) is 0 Å². The number of hydrogen-bond donors (Lipinski definition) is 3. The van der Waals surface area contributed by atoms with Crippen molar-refractivity contribution >= 4 is 18.2 Å². The van der Waals surface area contributed by atoms with Crippen molar-refractivity contribution in [2.75, 3.05) is 5.32 Å². The number of aromatic hydroxyl groups is 2. The summed E-state index contributed by atoms with van der Waals surface area (Å²) in [6.45, 7) is 5.31. The monoisotopic (exact) mass is 283 g/mol. The van der Waals surface area contributed by atoms with Crippen LogP contribution in [0.15, 0.2) is 24.4 Å². The van der Waals surface area contributed by atoms with Gasteiger partial charge in [-0.25, -0.2) is 0 Å². The minimum Gasteiger partial charge on any atom is -0.508 e. The highest BCUT2D eigenvalue weighted by Gasteiger charge is 2.06. The van der Waals surface area contributed by atoms with Crippen molar-refractivity contribution in [1.29, 1.82) is 0 Å². The van der Waals surface area contributed by atoms with Crippen LogP contribution in [0.3, 0.4) is 0 Å². The summed E-state index contributed by atoms with van der Waals surface area (Å²) in [5, 5.41) is 26.4. The molecule has 0 fully saturated rings. The fourth-order valence-corrected chi connectivity index (χ4v) is 1.74. The number of anilines is 1. The Bertz CT molecular complexity index is 555. The third kappa shape index (κ3) is 3.54. The first-order valence-corrected chi connectivity index (χ1v) is 5.89. The van der Waals surface area contributed by atoms with E-state index in [9.17, 15) is 10.2 Å². The maximum atomic E-state index is 9.66. The van der Waals surface area contributed by atoms with Crippen molar-refractivity contribution < 1.29 is 10.2 Å². The van der Waals surface area contributed by atoms with Gasteiger partial charge < -0.3 is 15.5 Å². The highest BCUT2D eigenvalue weighted by atomic mass is 35.5. The summed E-state index contributed by atoms with van der Waals surface area (Å²) in [4.78, 5) is 0. The first kappa shape index (κ1) is 15.2. The van der Waals surface area contributed by atoms with Crippen LogP contribution in [0, 0.1) is 6.92 Å². The van der Waals surface area contributed by atoms with E-state index in [0.29, 0.717) is 6.54 Å².